The number of hydrogen-bond acceptors (Lipinski definition) is 4. The predicted molar refractivity (Wildman–Crippen MR) is 55.1 cm³/mol. The van der Waals surface area contributed by atoms with Gasteiger partial charge in [0.15, 0.2) is 5.78 Å². The molecule has 0 N–H and O–H groups in total. The number of hydrogen-bond donors (Lipinski definition) is 0. The molecule has 0 spiro atoms. The summed E-state index contributed by atoms with van der Waals surface area (Å²) in [7, 11) is -0.582. The topological polar surface area (TPSA) is 67.3 Å². The first-order chi connectivity index (χ1) is 6.85. The Hall–Kier alpha value is -1.27. The van der Waals surface area contributed by atoms with E-state index < -0.39 is 10.0 Å². The highest BCUT2D eigenvalue weighted by molar-refractivity contribution is 7.89. The summed E-state index contributed by atoms with van der Waals surface area (Å²) in [5.41, 5.74) is 0.257. The minimum absolute atomic E-state index is 0.0810. The van der Waals surface area contributed by atoms with Crippen LogP contribution in [0.3, 0.4) is 0 Å². The summed E-state index contributed by atoms with van der Waals surface area (Å²) in [6, 6.07) is 2.78. The Morgan fingerprint density at radius 1 is 1.33 bits per heavy atom. The van der Waals surface area contributed by atoms with Crippen LogP contribution in [0.2, 0.25) is 0 Å². The average Bonchev–Trinajstić information content (AvgIpc) is 2.17. The van der Waals surface area contributed by atoms with Crippen molar-refractivity contribution < 1.29 is 13.2 Å². The lowest BCUT2D eigenvalue weighted by atomic mass is 10.3. The third-order valence-electron chi connectivity index (χ3n) is 1.88. The molecule has 1 aromatic heterocycles. The number of ketones is 1. The summed E-state index contributed by atoms with van der Waals surface area (Å²) in [6.07, 6.45) is 1.19. The van der Waals surface area contributed by atoms with Crippen LogP contribution < -0.4 is 0 Å². The van der Waals surface area contributed by atoms with Crippen molar-refractivity contribution >= 4 is 15.8 Å². The summed E-state index contributed by atoms with van der Waals surface area (Å²) < 4.78 is 24.3. The number of rotatable bonds is 3. The first-order valence-corrected chi connectivity index (χ1v) is 5.69. The van der Waals surface area contributed by atoms with Crippen LogP contribution in [0.1, 0.15) is 17.4 Å². The van der Waals surface area contributed by atoms with E-state index in [1.807, 2.05) is 0 Å². The molecule has 0 saturated heterocycles. The smallest absolute Gasteiger partial charge is 0.244 e. The zero-order valence-corrected chi connectivity index (χ0v) is 9.58. The van der Waals surface area contributed by atoms with Gasteiger partial charge in [0.05, 0.1) is 0 Å². The lowest BCUT2D eigenvalue weighted by Crippen LogP contribution is -2.22. The molecule has 0 bridgehead atoms. The van der Waals surface area contributed by atoms with Crippen LogP contribution in [0.4, 0.5) is 0 Å². The van der Waals surface area contributed by atoms with Crippen LogP contribution in [0, 0.1) is 0 Å². The van der Waals surface area contributed by atoms with Crippen molar-refractivity contribution in [3.05, 3.63) is 24.0 Å². The maximum absolute atomic E-state index is 11.6. The fourth-order valence-corrected chi connectivity index (χ4v) is 1.80. The lowest BCUT2D eigenvalue weighted by Gasteiger charge is -2.10. The Kier molecular flexibility index (Phi) is 3.21. The van der Waals surface area contributed by atoms with E-state index >= 15 is 0 Å². The van der Waals surface area contributed by atoms with Crippen molar-refractivity contribution in [3.8, 4) is 0 Å². The second-order valence-corrected chi connectivity index (χ2v) is 5.37. The quantitative estimate of drug-likeness (QED) is 0.708. The molecule has 0 aromatic carbocycles. The Morgan fingerprint density at radius 2 is 1.93 bits per heavy atom. The maximum atomic E-state index is 11.6. The highest BCUT2D eigenvalue weighted by Gasteiger charge is 2.17. The summed E-state index contributed by atoms with van der Waals surface area (Å²) >= 11 is 0. The fourth-order valence-electron chi connectivity index (χ4n) is 0.952. The largest absolute Gasteiger partial charge is 0.293 e. The molecular formula is C9H12N2O3S. The van der Waals surface area contributed by atoms with Gasteiger partial charge >= 0.3 is 0 Å². The van der Waals surface area contributed by atoms with E-state index in [-0.39, 0.29) is 16.4 Å². The van der Waals surface area contributed by atoms with Crippen molar-refractivity contribution in [2.24, 2.45) is 0 Å². The van der Waals surface area contributed by atoms with Crippen LogP contribution in [-0.4, -0.2) is 37.6 Å². The molecule has 1 heterocycles. The standard InChI is InChI=1S/C9H12N2O3S/c1-7(12)9-5-4-8(6-10-9)15(13,14)11(2)3/h4-6H,1-3H3. The molecule has 0 aliphatic carbocycles. The first kappa shape index (κ1) is 11.8. The van der Waals surface area contributed by atoms with Gasteiger partial charge in [0.1, 0.15) is 10.6 Å². The van der Waals surface area contributed by atoms with Gasteiger partial charge in [-0.15, -0.1) is 0 Å². The molecule has 0 aliphatic heterocycles. The summed E-state index contributed by atoms with van der Waals surface area (Å²) in [4.78, 5) is 14.8. The molecule has 15 heavy (non-hydrogen) atoms. The van der Waals surface area contributed by atoms with Gasteiger partial charge in [-0.05, 0) is 12.1 Å². The average molecular weight is 228 g/mol. The van der Waals surface area contributed by atoms with E-state index in [9.17, 15) is 13.2 Å². The summed E-state index contributed by atoms with van der Waals surface area (Å²) in [5, 5.41) is 0. The monoisotopic (exact) mass is 228 g/mol. The zero-order chi connectivity index (χ0) is 11.6. The van der Waals surface area contributed by atoms with E-state index in [2.05, 4.69) is 4.98 Å². The van der Waals surface area contributed by atoms with E-state index in [0.29, 0.717) is 0 Å². The maximum Gasteiger partial charge on any atom is 0.244 e. The zero-order valence-electron chi connectivity index (χ0n) is 8.76. The third-order valence-corrected chi connectivity index (χ3v) is 3.67. The molecule has 0 amide bonds. The Morgan fingerprint density at radius 3 is 2.27 bits per heavy atom. The molecule has 0 radical (unpaired) electrons. The van der Waals surface area contributed by atoms with Crippen molar-refractivity contribution in [1.29, 1.82) is 0 Å². The van der Waals surface area contributed by atoms with Gasteiger partial charge in [-0.1, -0.05) is 0 Å². The van der Waals surface area contributed by atoms with Crippen LogP contribution in [0.15, 0.2) is 23.2 Å². The summed E-state index contributed by atoms with van der Waals surface area (Å²) in [5.74, 6) is -0.191. The Labute approximate surface area is 88.8 Å². The predicted octanol–water partition coefficient (Wildman–Crippen LogP) is 0.535. The van der Waals surface area contributed by atoms with Crippen LogP contribution in [0.5, 0.6) is 0 Å². The molecule has 0 fully saturated rings. The molecule has 1 rings (SSSR count). The fraction of sp³-hybridized carbons (Fsp3) is 0.333. The molecule has 0 atom stereocenters. The normalized spacial score (nSPS) is 11.7. The van der Waals surface area contributed by atoms with Gasteiger partial charge in [-0.25, -0.2) is 12.7 Å². The van der Waals surface area contributed by atoms with Gasteiger partial charge in [0, 0.05) is 27.2 Å². The molecule has 0 saturated carbocycles. The van der Waals surface area contributed by atoms with Crippen LogP contribution in [-0.2, 0) is 10.0 Å². The second-order valence-electron chi connectivity index (χ2n) is 3.22. The number of nitrogens with zero attached hydrogens (tertiary/aromatic N) is 2. The van der Waals surface area contributed by atoms with E-state index in [1.54, 1.807) is 0 Å². The number of aromatic nitrogens is 1. The van der Waals surface area contributed by atoms with E-state index in [4.69, 9.17) is 0 Å². The first-order valence-electron chi connectivity index (χ1n) is 4.25. The minimum atomic E-state index is -3.46. The number of sulfonamides is 1. The van der Waals surface area contributed by atoms with Crippen molar-refractivity contribution in [2.45, 2.75) is 11.8 Å². The van der Waals surface area contributed by atoms with Crippen LogP contribution in [0.25, 0.3) is 0 Å². The van der Waals surface area contributed by atoms with E-state index in [1.165, 1.54) is 39.3 Å². The number of pyridine rings is 1. The Bertz CT molecular complexity index is 463. The van der Waals surface area contributed by atoms with Gasteiger partial charge in [0.25, 0.3) is 0 Å². The molecule has 6 heteroatoms. The molecule has 0 aliphatic rings. The lowest BCUT2D eigenvalue weighted by molar-refractivity contribution is 0.101. The van der Waals surface area contributed by atoms with Crippen LogP contribution >= 0.6 is 0 Å². The highest BCUT2D eigenvalue weighted by atomic mass is 32.2. The van der Waals surface area contributed by atoms with Gasteiger partial charge in [-0.3, -0.25) is 9.78 Å². The minimum Gasteiger partial charge on any atom is -0.293 e. The molecule has 0 unspecified atom stereocenters. The molecule has 82 valence electrons. The van der Waals surface area contributed by atoms with Gasteiger partial charge < -0.3 is 0 Å². The van der Waals surface area contributed by atoms with Crippen molar-refractivity contribution in [2.75, 3.05) is 14.1 Å². The molecule has 1 aromatic rings. The SMILES string of the molecule is CC(=O)c1ccc(S(=O)(=O)N(C)C)cn1. The highest BCUT2D eigenvalue weighted by Crippen LogP contribution is 2.11. The summed E-state index contributed by atoms with van der Waals surface area (Å²) in [6.45, 7) is 1.38. The molecular weight excluding hydrogens is 216 g/mol. The Balaban J connectivity index is 3.15. The van der Waals surface area contributed by atoms with Gasteiger partial charge in [-0.2, -0.15) is 0 Å². The van der Waals surface area contributed by atoms with Crippen molar-refractivity contribution in [1.82, 2.24) is 9.29 Å². The second kappa shape index (κ2) is 4.08. The van der Waals surface area contributed by atoms with E-state index in [0.717, 1.165) is 4.31 Å². The number of carbonyl (C=O) groups is 1. The van der Waals surface area contributed by atoms with Gasteiger partial charge in [0.2, 0.25) is 10.0 Å². The van der Waals surface area contributed by atoms with Crippen molar-refractivity contribution in [3.63, 3.8) is 0 Å². The third kappa shape index (κ3) is 2.40. The number of Topliss-reactive ketones (excluding diaryl/α,β-unsaturated/α-hetero) is 1. The molecule has 5 nitrogen and oxygen atoms in total. The number of carbonyl (C=O) groups excluding carboxylic acids is 1.